The zero-order valence-corrected chi connectivity index (χ0v) is 20.1. The van der Waals surface area contributed by atoms with Gasteiger partial charge >= 0.3 is 0 Å². The van der Waals surface area contributed by atoms with Crippen LogP contribution in [-0.4, -0.2) is 61.8 Å². The number of aromatic nitrogens is 4. The van der Waals surface area contributed by atoms with Crippen molar-refractivity contribution in [3.63, 3.8) is 0 Å². The third-order valence-corrected chi connectivity index (χ3v) is 6.20. The first-order chi connectivity index (χ1) is 16.7. The minimum Gasteiger partial charge on any atom is -0.481 e. The minimum atomic E-state index is -0.951. The van der Waals surface area contributed by atoms with Gasteiger partial charge in [-0.1, -0.05) is 0 Å². The van der Waals surface area contributed by atoms with Gasteiger partial charge in [0, 0.05) is 36.3 Å². The number of nitrogen functional groups attached to an aromatic ring is 1. The highest BCUT2D eigenvalue weighted by molar-refractivity contribution is 6.05. The number of nitrogens with two attached hydrogens (primary N) is 1. The SMILES string of the molecule is COc1cc(-c2cc(C(=O)N[C@H]3CC[C@H](C(=O)NCC(C)(C)O)CC3)c3c(N)ncnn23)ccn1. The number of carbonyl (C=O) groups excluding carboxylic acids is 2. The molecule has 186 valence electrons. The average Bonchev–Trinajstić information content (AvgIpc) is 3.24. The minimum absolute atomic E-state index is 0.0577. The van der Waals surface area contributed by atoms with Gasteiger partial charge in [-0.05, 0) is 51.7 Å². The Kier molecular flexibility index (Phi) is 6.88. The van der Waals surface area contributed by atoms with Gasteiger partial charge in [0.1, 0.15) is 11.8 Å². The van der Waals surface area contributed by atoms with Gasteiger partial charge in [0.25, 0.3) is 5.91 Å². The molecule has 3 aromatic rings. The molecule has 0 bridgehead atoms. The van der Waals surface area contributed by atoms with Crippen molar-refractivity contribution < 1.29 is 19.4 Å². The summed E-state index contributed by atoms with van der Waals surface area (Å²) in [5, 5.41) is 20.0. The summed E-state index contributed by atoms with van der Waals surface area (Å²) in [6, 6.07) is 5.23. The molecule has 5 N–H and O–H groups in total. The second-order valence-corrected chi connectivity index (χ2v) is 9.49. The summed E-state index contributed by atoms with van der Waals surface area (Å²) in [5.74, 6) is 0.181. The summed E-state index contributed by atoms with van der Waals surface area (Å²) in [6.07, 6.45) is 5.64. The summed E-state index contributed by atoms with van der Waals surface area (Å²) >= 11 is 0. The first-order valence-corrected chi connectivity index (χ1v) is 11.6. The molecule has 0 aromatic carbocycles. The number of pyridine rings is 1. The lowest BCUT2D eigenvalue weighted by Gasteiger charge is -2.29. The van der Waals surface area contributed by atoms with E-state index in [2.05, 4.69) is 25.7 Å². The van der Waals surface area contributed by atoms with Crippen LogP contribution in [0, 0.1) is 5.92 Å². The summed E-state index contributed by atoms with van der Waals surface area (Å²) in [5.41, 5.74) is 7.41. The fraction of sp³-hybridized carbons (Fsp3) is 0.458. The van der Waals surface area contributed by atoms with Crippen molar-refractivity contribution >= 4 is 23.1 Å². The monoisotopic (exact) mass is 481 g/mol. The quantitative estimate of drug-likeness (QED) is 0.396. The Balaban J connectivity index is 1.49. The average molecular weight is 482 g/mol. The van der Waals surface area contributed by atoms with Crippen LogP contribution in [0.25, 0.3) is 16.8 Å². The molecule has 0 aliphatic heterocycles. The lowest BCUT2D eigenvalue weighted by atomic mass is 9.85. The second kappa shape index (κ2) is 9.87. The van der Waals surface area contributed by atoms with Crippen LogP contribution in [0.3, 0.4) is 0 Å². The van der Waals surface area contributed by atoms with Gasteiger partial charge in [0.15, 0.2) is 5.82 Å². The van der Waals surface area contributed by atoms with Crippen molar-refractivity contribution in [1.82, 2.24) is 30.2 Å². The molecule has 3 aromatic heterocycles. The number of amides is 2. The Labute approximate surface area is 203 Å². The Morgan fingerprint density at radius 3 is 2.66 bits per heavy atom. The largest absolute Gasteiger partial charge is 0.481 e. The lowest BCUT2D eigenvalue weighted by molar-refractivity contribution is -0.127. The zero-order valence-electron chi connectivity index (χ0n) is 20.1. The molecule has 0 atom stereocenters. The third kappa shape index (κ3) is 5.51. The number of carbonyl (C=O) groups is 2. The van der Waals surface area contributed by atoms with E-state index in [0.29, 0.717) is 48.3 Å². The van der Waals surface area contributed by atoms with Gasteiger partial charge in [0.05, 0.1) is 24.0 Å². The molecule has 11 heteroatoms. The second-order valence-electron chi connectivity index (χ2n) is 9.49. The highest BCUT2D eigenvalue weighted by Crippen LogP contribution is 2.30. The molecule has 3 heterocycles. The Morgan fingerprint density at radius 1 is 1.23 bits per heavy atom. The molecule has 11 nitrogen and oxygen atoms in total. The maximum absolute atomic E-state index is 13.3. The van der Waals surface area contributed by atoms with E-state index in [1.165, 1.54) is 13.4 Å². The maximum Gasteiger partial charge on any atom is 0.253 e. The van der Waals surface area contributed by atoms with Crippen molar-refractivity contribution in [3.05, 3.63) is 36.3 Å². The van der Waals surface area contributed by atoms with E-state index in [4.69, 9.17) is 10.5 Å². The number of aliphatic hydroxyl groups is 1. The highest BCUT2D eigenvalue weighted by atomic mass is 16.5. The van der Waals surface area contributed by atoms with Gasteiger partial charge in [-0.15, -0.1) is 0 Å². The first-order valence-electron chi connectivity index (χ1n) is 11.6. The molecule has 4 rings (SSSR count). The third-order valence-electron chi connectivity index (χ3n) is 6.20. The van der Waals surface area contributed by atoms with E-state index in [9.17, 15) is 14.7 Å². The van der Waals surface area contributed by atoms with Crippen LogP contribution < -0.4 is 21.1 Å². The molecule has 1 saturated carbocycles. The number of nitrogens with one attached hydrogen (secondary N) is 2. The van der Waals surface area contributed by atoms with Crippen LogP contribution in [0.2, 0.25) is 0 Å². The maximum atomic E-state index is 13.3. The predicted octanol–water partition coefficient (Wildman–Crippen LogP) is 1.56. The van der Waals surface area contributed by atoms with Crippen molar-refractivity contribution in [1.29, 1.82) is 0 Å². The fourth-order valence-corrected chi connectivity index (χ4v) is 4.34. The van der Waals surface area contributed by atoms with Crippen molar-refractivity contribution in [2.45, 2.75) is 51.2 Å². The molecule has 1 fully saturated rings. The predicted molar refractivity (Wildman–Crippen MR) is 130 cm³/mol. The summed E-state index contributed by atoms with van der Waals surface area (Å²) < 4.78 is 6.82. The Hall–Kier alpha value is -3.73. The number of nitrogens with zero attached hydrogens (tertiary/aromatic N) is 4. The van der Waals surface area contributed by atoms with E-state index < -0.39 is 5.60 Å². The lowest BCUT2D eigenvalue weighted by Crippen LogP contribution is -2.44. The van der Waals surface area contributed by atoms with Gasteiger partial charge in [-0.25, -0.2) is 14.5 Å². The smallest absolute Gasteiger partial charge is 0.253 e. The number of fused-ring (bicyclic) bond motifs is 1. The highest BCUT2D eigenvalue weighted by Gasteiger charge is 2.29. The van der Waals surface area contributed by atoms with E-state index in [-0.39, 0.29) is 36.1 Å². The first kappa shape index (κ1) is 24.4. The molecular weight excluding hydrogens is 450 g/mol. The number of hydrogen-bond acceptors (Lipinski definition) is 8. The van der Waals surface area contributed by atoms with Crippen molar-refractivity contribution in [2.24, 2.45) is 5.92 Å². The standard InChI is InChI=1S/C24H31N7O4/c1-24(2,34)12-27-22(32)14-4-6-16(7-5-14)30-23(33)17-11-18(15-8-9-26-19(10-15)35-3)31-20(17)21(25)28-13-29-31/h8-11,13-14,16,34H,4-7,12H2,1-3H3,(H,27,32)(H,30,33)(H2,25,28,29)/t14-,16-. The van der Waals surface area contributed by atoms with Crippen LogP contribution in [-0.2, 0) is 4.79 Å². The summed E-state index contributed by atoms with van der Waals surface area (Å²) in [7, 11) is 1.53. The van der Waals surface area contributed by atoms with Gasteiger partial charge in [-0.2, -0.15) is 5.10 Å². The molecule has 0 saturated heterocycles. The molecule has 35 heavy (non-hydrogen) atoms. The Bertz CT molecular complexity index is 1230. The van der Waals surface area contributed by atoms with Crippen molar-refractivity contribution in [2.75, 3.05) is 19.4 Å². The molecular formula is C24H31N7O4. The molecule has 0 unspecified atom stereocenters. The normalized spacial score (nSPS) is 18.3. The number of hydrogen-bond donors (Lipinski definition) is 4. The number of anilines is 1. The van der Waals surface area contributed by atoms with Crippen LogP contribution in [0.5, 0.6) is 5.88 Å². The van der Waals surface area contributed by atoms with Gasteiger partial charge < -0.3 is 26.2 Å². The van der Waals surface area contributed by atoms with Crippen LogP contribution in [0.4, 0.5) is 5.82 Å². The molecule has 2 amide bonds. The van der Waals surface area contributed by atoms with E-state index in [0.717, 1.165) is 5.56 Å². The molecule has 0 radical (unpaired) electrons. The number of rotatable bonds is 7. The summed E-state index contributed by atoms with van der Waals surface area (Å²) in [4.78, 5) is 33.9. The molecule has 1 aliphatic rings. The van der Waals surface area contributed by atoms with Crippen molar-refractivity contribution in [3.8, 4) is 17.1 Å². The van der Waals surface area contributed by atoms with Crippen LogP contribution in [0.1, 0.15) is 49.9 Å². The van der Waals surface area contributed by atoms with Gasteiger partial charge in [0.2, 0.25) is 11.8 Å². The molecule has 1 aliphatic carbocycles. The zero-order chi connectivity index (χ0) is 25.2. The topological polar surface area (TPSA) is 157 Å². The van der Waals surface area contributed by atoms with E-state index in [1.807, 2.05) is 0 Å². The van der Waals surface area contributed by atoms with Crippen LogP contribution >= 0.6 is 0 Å². The number of methoxy groups -OCH3 is 1. The van der Waals surface area contributed by atoms with Crippen LogP contribution in [0.15, 0.2) is 30.7 Å². The fourth-order valence-electron chi connectivity index (χ4n) is 4.34. The summed E-state index contributed by atoms with van der Waals surface area (Å²) in [6.45, 7) is 3.51. The molecule has 0 spiro atoms. The number of ether oxygens (including phenoxy) is 1. The van der Waals surface area contributed by atoms with E-state index >= 15 is 0 Å². The Morgan fingerprint density at radius 2 is 1.97 bits per heavy atom. The van der Waals surface area contributed by atoms with Gasteiger partial charge in [-0.3, -0.25) is 9.59 Å². The van der Waals surface area contributed by atoms with E-state index in [1.54, 1.807) is 42.8 Å².